The quantitative estimate of drug-likeness (QED) is 0.364. The molecule has 0 aliphatic rings. The molecule has 2 aromatic carbocycles. The number of amides is 1. The van der Waals surface area contributed by atoms with Crippen LogP contribution >= 0.6 is 11.6 Å². The van der Waals surface area contributed by atoms with Gasteiger partial charge in [0.2, 0.25) is 0 Å². The zero-order valence-electron chi connectivity index (χ0n) is 18.6. The van der Waals surface area contributed by atoms with Crippen LogP contribution in [0.2, 0.25) is 5.02 Å². The lowest BCUT2D eigenvalue weighted by atomic mass is 10.2. The number of nitrogens with zero attached hydrogens (tertiary/aromatic N) is 2. The van der Waals surface area contributed by atoms with E-state index in [2.05, 4.69) is 10.4 Å². The number of ether oxygens (including phenoxy) is 2. The molecule has 0 aliphatic heterocycles. The number of rotatable bonds is 8. The smallest absolute Gasteiger partial charge is 0.291 e. The minimum atomic E-state index is -0.351. The third kappa shape index (κ3) is 5.38. The van der Waals surface area contributed by atoms with Crippen LogP contribution in [0.4, 0.5) is 5.69 Å². The predicted molar refractivity (Wildman–Crippen MR) is 126 cm³/mol. The summed E-state index contributed by atoms with van der Waals surface area (Å²) in [6, 6.07) is 18.2. The maximum Gasteiger partial charge on any atom is 0.291 e. The number of hydrogen-bond donors (Lipinski definition) is 1. The molecular weight excluding hydrogens is 442 g/mol. The molecule has 0 saturated carbocycles. The minimum absolute atomic E-state index is 0.185. The molecule has 0 atom stereocenters. The van der Waals surface area contributed by atoms with Crippen LogP contribution in [-0.2, 0) is 13.2 Å². The summed E-state index contributed by atoms with van der Waals surface area (Å²) in [5.41, 5.74) is 3.28. The number of anilines is 1. The molecule has 7 nitrogen and oxygen atoms in total. The Labute approximate surface area is 196 Å². The van der Waals surface area contributed by atoms with Crippen molar-refractivity contribution in [2.24, 2.45) is 0 Å². The molecule has 8 heteroatoms. The summed E-state index contributed by atoms with van der Waals surface area (Å²) in [6.45, 7) is 4.52. The number of aromatic nitrogens is 2. The number of hydrogen-bond acceptors (Lipinski definition) is 5. The highest BCUT2D eigenvalue weighted by Crippen LogP contribution is 2.23. The SMILES string of the molecule is COc1cccc(Cn2nc(C)c(NC(=O)c3ccc(COc4cccc(Cl)c4)o3)c2C)c1. The molecule has 0 unspecified atom stereocenters. The zero-order chi connectivity index (χ0) is 23.4. The fourth-order valence-corrected chi connectivity index (χ4v) is 3.62. The Balaban J connectivity index is 1.42. The summed E-state index contributed by atoms with van der Waals surface area (Å²) in [4.78, 5) is 12.8. The van der Waals surface area contributed by atoms with Gasteiger partial charge < -0.3 is 19.2 Å². The van der Waals surface area contributed by atoms with Crippen LogP contribution in [0.1, 0.15) is 33.3 Å². The van der Waals surface area contributed by atoms with Gasteiger partial charge in [0.05, 0.1) is 30.7 Å². The number of methoxy groups -OCH3 is 1. The summed E-state index contributed by atoms with van der Waals surface area (Å²) < 4.78 is 18.5. The van der Waals surface area contributed by atoms with Gasteiger partial charge >= 0.3 is 0 Å². The van der Waals surface area contributed by atoms with Crippen molar-refractivity contribution < 1.29 is 18.7 Å². The van der Waals surface area contributed by atoms with Gasteiger partial charge in [-0.2, -0.15) is 5.10 Å². The van der Waals surface area contributed by atoms with Crippen molar-refractivity contribution >= 4 is 23.2 Å². The van der Waals surface area contributed by atoms with E-state index >= 15 is 0 Å². The summed E-state index contributed by atoms with van der Waals surface area (Å²) >= 11 is 5.97. The number of aryl methyl sites for hydroxylation is 1. The third-order valence-electron chi connectivity index (χ3n) is 5.15. The second-order valence-corrected chi connectivity index (χ2v) is 7.96. The summed E-state index contributed by atoms with van der Waals surface area (Å²) in [7, 11) is 1.64. The van der Waals surface area contributed by atoms with Crippen molar-refractivity contribution in [1.82, 2.24) is 9.78 Å². The van der Waals surface area contributed by atoms with Crippen molar-refractivity contribution in [3.63, 3.8) is 0 Å². The number of carbonyl (C=O) groups is 1. The van der Waals surface area contributed by atoms with E-state index in [1.54, 1.807) is 43.5 Å². The van der Waals surface area contributed by atoms with Crippen molar-refractivity contribution in [3.8, 4) is 11.5 Å². The molecule has 170 valence electrons. The molecule has 0 aliphatic carbocycles. The average Bonchev–Trinajstić information content (AvgIpc) is 3.38. The average molecular weight is 466 g/mol. The number of halogens is 1. The van der Waals surface area contributed by atoms with Gasteiger partial charge in [0.25, 0.3) is 5.91 Å². The maximum atomic E-state index is 12.8. The molecule has 2 aromatic heterocycles. The van der Waals surface area contributed by atoms with Gasteiger partial charge in [-0.25, -0.2) is 0 Å². The standard InChI is InChI=1S/C25H24ClN3O4/c1-16-24(17(2)29(28-16)14-18-6-4-8-20(12-18)31-3)27-25(30)23-11-10-22(33-23)15-32-21-9-5-7-19(26)13-21/h4-13H,14-15H2,1-3H3,(H,27,30). The molecule has 4 aromatic rings. The van der Waals surface area contributed by atoms with E-state index in [9.17, 15) is 4.79 Å². The lowest BCUT2D eigenvalue weighted by Gasteiger charge is -2.08. The first-order valence-corrected chi connectivity index (χ1v) is 10.8. The van der Waals surface area contributed by atoms with E-state index in [4.69, 9.17) is 25.5 Å². The van der Waals surface area contributed by atoms with Gasteiger partial charge in [-0.15, -0.1) is 0 Å². The highest BCUT2D eigenvalue weighted by molar-refractivity contribution is 6.30. The number of carbonyl (C=O) groups excluding carboxylic acids is 1. The van der Waals surface area contributed by atoms with Crippen molar-refractivity contribution in [2.45, 2.75) is 27.0 Å². The molecule has 0 bridgehead atoms. The summed E-state index contributed by atoms with van der Waals surface area (Å²) in [6.07, 6.45) is 0. The largest absolute Gasteiger partial charge is 0.497 e. The van der Waals surface area contributed by atoms with Gasteiger partial charge in [-0.1, -0.05) is 29.8 Å². The van der Waals surface area contributed by atoms with Crippen molar-refractivity contribution in [3.05, 3.63) is 94.2 Å². The number of benzene rings is 2. The topological polar surface area (TPSA) is 78.5 Å². The van der Waals surface area contributed by atoms with Crippen LogP contribution in [0.15, 0.2) is 65.1 Å². The van der Waals surface area contributed by atoms with Crippen LogP contribution in [0.5, 0.6) is 11.5 Å². The van der Waals surface area contributed by atoms with Crippen LogP contribution in [0, 0.1) is 13.8 Å². The van der Waals surface area contributed by atoms with E-state index in [0.29, 0.717) is 28.8 Å². The van der Waals surface area contributed by atoms with E-state index < -0.39 is 0 Å². The highest BCUT2D eigenvalue weighted by Gasteiger charge is 2.18. The van der Waals surface area contributed by atoms with Gasteiger partial charge in [0, 0.05) is 5.02 Å². The highest BCUT2D eigenvalue weighted by atomic mass is 35.5. The Morgan fingerprint density at radius 3 is 2.67 bits per heavy atom. The Morgan fingerprint density at radius 2 is 1.88 bits per heavy atom. The molecular formula is C25H24ClN3O4. The number of nitrogens with one attached hydrogen (secondary N) is 1. The lowest BCUT2D eigenvalue weighted by molar-refractivity contribution is 0.0992. The van der Waals surface area contributed by atoms with Crippen molar-refractivity contribution in [2.75, 3.05) is 12.4 Å². The first-order valence-electron chi connectivity index (χ1n) is 10.4. The van der Waals surface area contributed by atoms with Crippen LogP contribution < -0.4 is 14.8 Å². The molecule has 4 rings (SSSR count). The first-order chi connectivity index (χ1) is 15.9. The van der Waals surface area contributed by atoms with Crippen LogP contribution in [-0.4, -0.2) is 22.8 Å². The molecule has 2 heterocycles. The van der Waals surface area contributed by atoms with Gasteiger partial charge in [-0.3, -0.25) is 9.48 Å². The molecule has 0 radical (unpaired) electrons. The van der Waals surface area contributed by atoms with E-state index in [-0.39, 0.29) is 18.3 Å². The summed E-state index contributed by atoms with van der Waals surface area (Å²) in [5, 5.41) is 8.09. The Bertz CT molecular complexity index is 1280. The van der Waals surface area contributed by atoms with Crippen LogP contribution in [0.3, 0.4) is 0 Å². The molecule has 33 heavy (non-hydrogen) atoms. The second-order valence-electron chi connectivity index (χ2n) is 7.52. The molecule has 1 N–H and O–H groups in total. The minimum Gasteiger partial charge on any atom is -0.497 e. The first kappa shape index (κ1) is 22.5. The maximum absolute atomic E-state index is 12.8. The van der Waals surface area contributed by atoms with Gasteiger partial charge in [-0.05, 0) is 61.9 Å². The predicted octanol–water partition coefficient (Wildman–Crippen LogP) is 5.63. The summed E-state index contributed by atoms with van der Waals surface area (Å²) in [5.74, 6) is 1.78. The Kier molecular flexibility index (Phi) is 6.70. The molecule has 0 spiro atoms. The molecule has 0 fully saturated rings. The van der Waals surface area contributed by atoms with Gasteiger partial charge in [0.15, 0.2) is 5.76 Å². The molecule has 0 saturated heterocycles. The monoisotopic (exact) mass is 465 g/mol. The zero-order valence-corrected chi connectivity index (χ0v) is 19.3. The molecule has 1 amide bonds. The fourth-order valence-electron chi connectivity index (χ4n) is 3.44. The van der Waals surface area contributed by atoms with Crippen molar-refractivity contribution in [1.29, 1.82) is 0 Å². The van der Waals surface area contributed by atoms with E-state index in [1.807, 2.05) is 42.8 Å². The third-order valence-corrected chi connectivity index (χ3v) is 5.38. The Hall–Kier alpha value is -3.71. The van der Waals surface area contributed by atoms with E-state index in [1.165, 1.54) is 0 Å². The van der Waals surface area contributed by atoms with Gasteiger partial charge in [0.1, 0.15) is 23.9 Å². The second kappa shape index (κ2) is 9.83. The van der Waals surface area contributed by atoms with E-state index in [0.717, 1.165) is 22.7 Å². The fraction of sp³-hybridized carbons (Fsp3) is 0.200. The normalized spacial score (nSPS) is 10.8. The number of furan rings is 1. The van der Waals surface area contributed by atoms with Crippen LogP contribution in [0.25, 0.3) is 0 Å². The Morgan fingerprint density at radius 1 is 1.09 bits per heavy atom. The lowest BCUT2D eigenvalue weighted by Crippen LogP contribution is -2.12.